The molecule has 0 aromatic carbocycles. The van der Waals surface area contributed by atoms with Gasteiger partial charge in [0.25, 0.3) is 0 Å². The number of hydrogen-bond acceptors (Lipinski definition) is 0. The van der Waals surface area contributed by atoms with Crippen LogP contribution in [0.3, 0.4) is 0 Å². The monoisotopic (exact) mass is 212 g/mol. The smallest absolute Gasteiger partial charge is 0.0354 e. The first kappa shape index (κ1) is 15.0. The molecule has 0 nitrogen and oxygen atoms in total. The molecule has 0 heterocycles. The Morgan fingerprint density at radius 2 is 1.47 bits per heavy atom. The van der Waals surface area contributed by atoms with E-state index in [0.29, 0.717) is 5.41 Å². The molecule has 0 atom stereocenters. The van der Waals surface area contributed by atoms with Crippen LogP contribution >= 0.6 is 0 Å². The van der Waals surface area contributed by atoms with Gasteiger partial charge in [-0.2, -0.15) is 0 Å². The van der Waals surface area contributed by atoms with E-state index in [2.05, 4.69) is 34.6 Å². The minimum atomic E-state index is 0.586. The van der Waals surface area contributed by atoms with Gasteiger partial charge in [-0.25, -0.2) is 0 Å². The lowest BCUT2D eigenvalue weighted by atomic mass is 9.81. The van der Waals surface area contributed by atoms with Crippen LogP contribution in [0.2, 0.25) is 0 Å². The van der Waals surface area contributed by atoms with Crippen molar-refractivity contribution in [1.29, 1.82) is 0 Å². The average Bonchev–Trinajstić information content (AvgIpc) is 2.11. The molecule has 0 saturated heterocycles. The predicted octanol–water partition coefficient (Wildman–Crippen LogP) is 5.81. The highest BCUT2D eigenvalue weighted by atomic mass is 14.2. The van der Waals surface area contributed by atoms with E-state index >= 15 is 0 Å². The summed E-state index contributed by atoms with van der Waals surface area (Å²) in [5.74, 6) is 0.876. The molecule has 92 valence electrons. The van der Waals surface area contributed by atoms with Gasteiger partial charge in [0.05, 0.1) is 0 Å². The lowest BCUT2D eigenvalue weighted by Gasteiger charge is -2.25. The molecule has 0 fully saturated rings. The van der Waals surface area contributed by atoms with Crippen LogP contribution in [0.4, 0.5) is 0 Å². The molecule has 0 saturated carbocycles. The van der Waals surface area contributed by atoms with Crippen LogP contribution in [0.5, 0.6) is 0 Å². The summed E-state index contributed by atoms with van der Waals surface area (Å²) in [4.78, 5) is 0. The Hall–Kier alpha value is 0. The molecular weight excluding hydrogens is 180 g/mol. The Bertz CT molecular complexity index is 133. The zero-order valence-corrected chi connectivity index (χ0v) is 11.7. The van der Waals surface area contributed by atoms with Crippen LogP contribution < -0.4 is 0 Å². The van der Waals surface area contributed by atoms with Crippen molar-refractivity contribution in [2.45, 2.75) is 86.0 Å². The summed E-state index contributed by atoms with van der Waals surface area (Å²) in [6.45, 7) is 11.8. The van der Waals surface area contributed by atoms with Gasteiger partial charge in [0.15, 0.2) is 0 Å². The zero-order valence-electron chi connectivity index (χ0n) is 11.7. The molecule has 15 heavy (non-hydrogen) atoms. The average molecular weight is 212 g/mol. The first-order valence-corrected chi connectivity index (χ1v) is 6.98. The quantitative estimate of drug-likeness (QED) is 0.423. The van der Waals surface area contributed by atoms with Crippen LogP contribution in [-0.2, 0) is 0 Å². The lowest BCUT2D eigenvalue weighted by molar-refractivity contribution is 0.278. The van der Waals surface area contributed by atoms with Gasteiger partial charge in [-0.1, -0.05) is 73.1 Å². The van der Waals surface area contributed by atoms with Crippen LogP contribution in [0.25, 0.3) is 0 Å². The van der Waals surface area contributed by atoms with E-state index in [0.717, 1.165) is 5.92 Å². The third-order valence-corrected chi connectivity index (χ3v) is 3.34. The van der Waals surface area contributed by atoms with E-state index in [-0.39, 0.29) is 0 Å². The SMILES string of the molecule is CCCCCCC(C)(C)CCCC(C)C. The number of unbranched alkanes of at least 4 members (excludes halogenated alkanes) is 3. The minimum Gasteiger partial charge on any atom is -0.0654 e. The summed E-state index contributed by atoms with van der Waals surface area (Å²) >= 11 is 0. The molecule has 0 radical (unpaired) electrons. The number of rotatable bonds is 9. The highest BCUT2D eigenvalue weighted by Gasteiger charge is 2.16. The van der Waals surface area contributed by atoms with Crippen molar-refractivity contribution in [1.82, 2.24) is 0 Å². The minimum absolute atomic E-state index is 0.586. The molecular formula is C15H32. The van der Waals surface area contributed by atoms with E-state index in [4.69, 9.17) is 0 Å². The van der Waals surface area contributed by atoms with Gasteiger partial charge in [0, 0.05) is 0 Å². The Balaban J connectivity index is 3.48. The first-order chi connectivity index (χ1) is 6.98. The van der Waals surface area contributed by atoms with Gasteiger partial charge >= 0.3 is 0 Å². The van der Waals surface area contributed by atoms with Gasteiger partial charge in [0.1, 0.15) is 0 Å². The molecule has 0 N–H and O–H groups in total. The van der Waals surface area contributed by atoms with Crippen molar-refractivity contribution in [2.75, 3.05) is 0 Å². The van der Waals surface area contributed by atoms with Gasteiger partial charge in [-0.15, -0.1) is 0 Å². The van der Waals surface area contributed by atoms with Crippen molar-refractivity contribution in [3.63, 3.8) is 0 Å². The number of hydrogen-bond donors (Lipinski definition) is 0. The maximum atomic E-state index is 2.44. The van der Waals surface area contributed by atoms with E-state index in [1.807, 2.05) is 0 Å². The van der Waals surface area contributed by atoms with Crippen LogP contribution in [0.1, 0.15) is 86.0 Å². The zero-order chi connectivity index (χ0) is 11.7. The highest BCUT2D eigenvalue weighted by molar-refractivity contribution is 4.69. The van der Waals surface area contributed by atoms with Crippen LogP contribution in [0, 0.1) is 11.3 Å². The third-order valence-electron chi connectivity index (χ3n) is 3.34. The largest absolute Gasteiger partial charge is 0.0654 e. The standard InChI is InChI=1S/C15H32/c1-6-7-8-9-12-15(4,5)13-10-11-14(2)3/h14H,6-13H2,1-5H3. The van der Waals surface area contributed by atoms with Gasteiger partial charge in [-0.3, -0.25) is 0 Å². The molecule has 0 amide bonds. The van der Waals surface area contributed by atoms with Gasteiger partial charge in [-0.05, 0) is 24.2 Å². The van der Waals surface area contributed by atoms with E-state index in [1.54, 1.807) is 0 Å². The highest BCUT2D eigenvalue weighted by Crippen LogP contribution is 2.30. The summed E-state index contributed by atoms with van der Waals surface area (Å²) in [5.41, 5.74) is 0.586. The molecule has 0 bridgehead atoms. The van der Waals surface area contributed by atoms with E-state index in [1.165, 1.54) is 51.4 Å². The molecule has 0 heteroatoms. The molecule has 0 rings (SSSR count). The molecule has 0 aliphatic heterocycles. The van der Waals surface area contributed by atoms with E-state index < -0.39 is 0 Å². The second-order valence-corrected chi connectivity index (χ2v) is 6.26. The van der Waals surface area contributed by atoms with Crippen molar-refractivity contribution in [3.05, 3.63) is 0 Å². The summed E-state index contributed by atoms with van der Waals surface area (Å²) < 4.78 is 0. The summed E-state index contributed by atoms with van der Waals surface area (Å²) in [6, 6.07) is 0. The molecule has 0 aliphatic carbocycles. The maximum absolute atomic E-state index is 2.44. The van der Waals surface area contributed by atoms with Crippen LogP contribution in [-0.4, -0.2) is 0 Å². The fourth-order valence-electron chi connectivity index (χ4n) is 2.14. The second-order valence-electron chi connectivity index (χ2n) is 6.26. The second kappa shape index (κ2) is 8.19. The summed E-state index contributed by atoms with van der Waals surface area (Å²) in [5, 5.41) is 0. The Morgan fingerprint density at radius 3 is 2.00 bits per heavy atom. The molecule has 0 aliphatic rings. The molecule has 0 spiro atoms. The first-order valence-electron chi connectivity index (χ1n) is 6.98. The van der Waals surface area contributed by atoms with Crippen molar-refractivity contribution < 1.29 is 0 Å². The molecule has 0 unspecified atom stereocenters. The third kappa shape index (κ3) is 10.3. The van der Waals surface area contributed by atoms with Gasteiger partial charge < -0.3 is 0 Å². The predicted molar refractivity (Wildman–Crippen MR) is 71.2 cm³/mol. The fourth-order valence-corrected chi connectivity index (χ4v) is 2.14. The van der Waals surface area contributed by atoms with Crippen LogP contribution in [0.15, 0.2) is 0 Å². The van der Waals surface area contributed by atoms with Crippen molar-refractivity contribution >= 4 is 0 Å². The normalized spacial score (nSPS) is 12.4. The lowest BCUT2D eigenvalue weighted by Crippen LogP contribution is -2.11. The maximum Gasteiger partial charge on any atom is -0.0354 e. The van der Waals surface area contributed by atoms with Crippen molar-refractivity contribution in [2.24, 2.45) is 11.3 Å². The fraction of sp³-hybridized carbons (Fsp3) is 1.00. The molecule has 0 aromatic heterocycles. The Morgan fingerprint density at radius 1 is 0.867 bits per heavy atom. The van der Waals surface area contributed by atoms with E-state index in [9.17, 15) is 0 Å². The topological polar surface area (TPSA) is 0 Å². The molecule has 0 aromatic rings. The Kier molecular flexibility index (Phi) is 8.19. The van der Waals surface area contributed by atoms with Gasteiger partial charge in [0.2, 0.25) is 0 Å². The van der Waals surface area contributed by atoms with Crippen molar-refractivity contribution in [3.8, 4) is 0 Å². The summed E-state index contributed by atoms with van der Waals surface area (Å²) in [7, 11) is 0. The Labute approximate surface area is 97.8 Å². The summed E-state index contributed by atoms with van der Waals surface area (Å²) in [6.07, 6.45) is 11.3.